The highest BCUT2D eigenvalue weighted by Crippen LogP contribution is 2.17. The maximum absolute atomic E-state index is 12.9. The minimum Gasteiger partial charge on any atom is -0.462 e. The van der Waals surface area contributed by atoms with Crippen molar-refractivity contribution in [3.63, 3.8) is 0 Å². The molecular weight excluding hydrogens is 925 g/mol. The molecule has 0 spiro atoms. The molecule has 0 aliphatic carbocycles. The Balaban J connectivity index is 4.26. The first-order valence-corrected chi connectivity index (χ1v) is 32.4. The van der Waals surface area contributed by atoms with Crippen molar-refractivity contribution in [3.05, 3.63) is 72.9 Å². The van der Waals surface area contributed by atoms with Crippen molar-refractivity contribution in [3.8, 4) is 0 Å². The third-order valence-electron chi connectivity index (χ3n) is 14.2. The Labute approximate surface area is 465 Å². The molecule has 0 aromatic carbocycles. The van der Waals surface area contributed by atoms with Gasteiger partial charge in [0.2, 0.25) is 0 Å². The fraction of sp³-hybridized carbons (Fsp3) is 0.783. The van der Waals surface area contributed by atoms with Gasteiger partial charge in [-0.25, -0.2) is 0 Å². The van der Waals surface area contributed by atoms with E-state index in [1.165, 1.54) is 180 Å². The molecule has 434 valence electrons. The second-order valence-corrected chi connectivity index (χ2v) is 21.6. The molecule has 0 aliphatic rings. The first-order chi connectivity index (χ1) is 37.0. The molecule has 0 bridgehead atoms. The van der Waals surface area contributed by atoms with E-state index in [0.29, 0.717) is 19.3 Å². The van der Waals surface area contributed by atoms with Crippen LogP contribution in [-0.2, 0) is 28.6 Å². The van der Waals surface area contributed by atoms with Crippen LogP contribution in [-0.4, -0.2) is 37.2 Å². The number of rotatable bonds is 59. The van der Waals surface area contributed by atoms with Gasteiger partial charge in [0.15, 0.2) is 6.10 Å². The fourth-order valence-electron chi connectivity index (χ4n) is 9.35. The third-order valence-corrected chi connectivity index (χ3v) is 14.2. The van der Waals surface area contributed by atoms with Crippen LogP contribution < -0.4 is 0 Å². The molecule has 75 heavy (non-hydrogen) atoms. The monoisotopic (exact) mass is 1050 g/mol. The number of esters is 3. The van der Waals surface area contributed by atoms with Gasteiger partial charge in [0.25, 0.3) is 0 Å². The summed E-state index contributed by atoms with van der Waals surface area (Å²) < 4.78 is 16.9. The average Bonchev–Trinajstić information content (AvgIpc) is 3.41. The normalized spacial score (nSPS) is 12.5. The second kappa shape index (κ2) is 63.4. The topological polar surface area (TPSA) is 78.9 Å². The van der Waals surface area contributed by atoms with Crippen molar-refractivity contribution in [2.45, 2.75) is 335 Å². The zero-order valence-corrected chi connectivity index (χ0v) is 49.8. The minimum absolute atomic E-state index is 0.0769. The van der Waals surface area contributed by atoms with Gasteiger partial charge >= 0.3 is 17.9 Å². The lowest BCUT2D eigenvalue weighted by atomic mass is 10.0. The molecule has 0 heterocycles. The summed E-state index contributed by atoms with van der Waals surface area (Å²) in [6, 6.07) is 0. The molecule has 0 radical (unpaired) electrons. The lowest BCUT2D eigenvalue weighted by molar-refractivity contribution is -0.167. The van der Waals surface area contributed by atoms with Crippen LogP contribution in [0.3, 0.4) is 0 Å². The van der Waals surface area contributed by atoms with Crippen LogP contribution in [0, 0.1) is 0 Å². The van der Waals surface area contributed by atoms with E-state index in [9.17, 15) is 14.4 Å². The predicted molar refractivity (Wildman–Crippen MR) is 325 cm³/mol. The highest BCUT2D eigenvalue weighted by molar-refractivity contribution is 5.71. The number of unbranched alkanes of at least 4 members (excludes halogenated alkanes) is 36. The lowest BCUT2D eigenvalue weighted by Gasteiger charge is -2.18. The summed E-state index contributed by atoms with van der Waals surface area (Å²) in [5.41, 5.74) is 0. The Morgan fingerprint density at radius 3 is 0.827 bits per heavy atom. The number of carbonyl (C=O) groups excluding carboxylic acids is 3. The van der Waals surface area contributed by atoms with Crippen molar-refractivity contribution < 1.29 is 28.6 Å². The van der Waals surface area contributed by atoms with E-state index in [0.717, 1.165) is 109 Å². The molecule has 0 saturated heterocycles. The molecule has 0 N–H and O–H groups in total. The summed E-state index contributed by atoms with van der Waals surface area (Å²) in [7, 11) is 0. The van der Waals surface area contributed by atoms with Gasteiger partial charge < -0.3 is 14.2 Å². The Morgan fingerprint density at radius 1 is 0.280 bits per heavy atom. The lowest BCUT2D eigenvalue weighted by Crippen LogP contribution is -2.30. The van der Waals surface area contributed by atoms with E-state index in [-0.39, 0.29) is 31.1 Å². The van der Waals surface area contributed by atoms with Gasteiger partial charge in [-0.05, 0) is 89.9 Å². The van der Waals surface area contributed by atoms with Crippen LogP contribution in [0.4, 0.5) is 0 Å². The predicted octanol–water partition coefficient (Wildman–Crippen LogP) is 22.1. The van der Waals surface area contributed by atoms with Crippen LogP contribution in [0.25, 0.3) is 0 Å². The Kier molecular flexibility index (Phi) is 60.7. The summed E-state index contributed by atoms with van der Waals surface area (Å²) in [4.78, 5) is 38.3. The van der Waals surface area contributed by atoms with Gasteiger partial charge in [-0.15, -0.1) is 0 Å². The molecule has 6 heteroatoms. The van der Waals surface area contributed by atoms with E-state index < -0.39 is 6.10 Å². The molecule has 1 atom stereocenters. The summed E-state index contributed by atoms with van der Waals surface area (Å²) in [6.07, 6.45) is 81.9. The smallest absolute Gasteiger partial charge is 0.306 e. The average molecular weight is 1050 g/mol. The van der Waals surface area contributed by atoms with Crippen LogP contribution >= 0.6 is 0 Å². The first-order valence-electron chi connectivity index (χ1n) is 32.4. The number of allylic oxidation sites excluding steroid dienone is 12. The van der Waals surface area contributed by atoms with Crippen molar-refractivity contribution in [1.29, 1.82) is 0 Å². The van der Waals surface area contributed by atoms with Crippen molar-refractivity contribution >= 4 is 17.9 Å². The molecule has 0 aliphatic heterocycles. The molecule has 1 unspecified atom stereocenters. The van der Waals surface area contributed by atoms with E-state index in [1.807, 2.05) is 0 Å². The molecule has 0 saturated carbocycles. The van der Waals surface area contributed by atoms with Gasteiger partial charge in [-0.2, -0.15) is 0 Å². The van der Waals surface area contributed by atoms with Gasteiger partial charge in [-0.1, -0.05) is 293 Å². The molecular formula is C69H122O6. The second-order valence-electron chi connectivity index (χ2n) is 21.6. The maximum atomic E-state index is 12.9. The summed E-state index contributed by atoms with van der Waals surface area (Å²) in [5, 5.41) is 0. The third kappa shape index (κ3) is 61.6. The van der Waals surface area contributed by atoms with Gasteiger partial charge in [-0.3, -0.25) is 14.4 Å². The zero-order valence-electron chi connectivity index (χ0n) is 49.8. The molecule has 0 amide bonds. The number of carbonyl (C=O) groups is 3. The van der Waals surface area contributed by atoms with E-state index >= 15 is 0 Å². The zero-order chi connectivity index (χ0) is 54.3. The molecule has 0 fully saturated rings. The first kappa shape index (κ1) is 71.8. The van der Waals surface area contributed by atoms with Crippen molar-refractivity contribution in [2.75, 3.05) is 13.2 Å². The number of ether oxygens (including phenoxy) is 3. The quantitative estimate of drug-likeness (QED) is 0.0261. The molecule has 0 aromatic rings. The molecule has 0 aromatic heterocycles. The molecule has 0 rings (SSSR count). The van der Waals surface area contributed by atoms with Crippen LogP contribution in [0.2, 0.25) is 0 Å². The van der Waals surface area contributed by atoms with Gasteiger partial charge in [0.05, 0.1) is 0 Å². The van der Waals surface area contributed by atoms with Crippen LogP contribution in [0.15, 0.2) is 72.9 Å². The number of hydrogen-bond donors (Lipinski definition) is 0. The molecule has 6 nitrogen and oxygen atoms in total. The Hall–Kier alpha value is -3.15. The highest BCUT2D eigenvalue weighted by Gasteiger charge is 2.19. The van der Waals surface area contributed by atoms with Gasteiger partial charge in [0.1, 0.15) is 13.2 Å². The minimum atomic E-state index is -0.781. The largest absolute Gasteiger partial charge is 0.462 e. The summed E-state index contributed by atoms with van der Waals surface area (Å²) in [6.45, 7) is 6.54. The number of hydrogen-bond acceptors (Lipinski definition) is 6. The van der Waals surface area contributed by atoms with Crippen LogP contribution in [0.5, 0.6) is 0 Å². The van der Waals surface area contributed by atoms with E-state index in [2.05, 4.69) is 93.7 Å². The standard InChI is InChI=1S/C69H122O6/c1-4-7-10-13-16-19-22-25-28-30-31-32-33-34-35-36-37-38-39-40-42-44-47-50-53-56-59-62-68(71)74-65-66(64-73-67(70)61-58-55-52-49-46-43-27-24-21-18-15-12-9-6-3)75-69(72)63-60-57-54-51-48-45-41-29-26-23-20-17-14-11-8-5-2/h7,10,16,19-20,23,25,28-29,31-32,41,66H,4-6,8-9,11-15,17-18,21-22,24,26-27,30,33-40,42-65H2,1-3H3/b10-7-,19-16-,23-20-,28-25-,32-31-,41-29-. The van der Waals surface area contributed by atoms with E-state index in [4.69, 9.17) is 14.2 Å². The Bertz CT molecular complexity index is 1390. The Morgan fingerprint density at radius 2 is 0.520 bits per heavy atom. The summed E-state index contributed by atoms with van der Waals surface area (Å²) in [5.74, 6) is -0.874. The van der Waals surface area contributed by atoms with Crippen LogP contribution in [0.1, 0.15) is 329 Å². The van der Waals surface area contributed by atoms with Crippen molar-refractivity contribution in [2.24, 2.45) is 0 Å². The summed E-state index contributed by atoms with van der Waals surface area (Å²) >= 11 is 0. The fourth-order valence-corrected chi connectivity index (χ4v) is 9.35. The van der Waals surface area contributed by atoms with Gasteiger partial charge in [0, 0.05) is 19.3 Å². The van der Waals surface area contributed by atoms with Crippen molar-refractivity contribution in [1.82, 2.24) is 0 Å². The highest BCUT2D eigenvalue weighted by atomic mass is 16.6. The van der Waals surface area contributed by atoms with E-state index in [1.54, 1.807) is 0 Å². The maximum Gasteiger partial charge on any atom is 0.306 e. The SMILES string of the molecule is CC/C=C\C/C=C\C/C=C\C/C=C\CCCCCCCCCCCCCCCCC(=O)OCC(COC(=O)CCCCCCCCCCCCCCCC)OC(=O)CCCCCCC/C=C\C/C=C\CCCCCC.